The topological polar surface area (TPSA) is 13.7 Å². The number of hydrogen-bond donors (Lipinski definition) is 0. The van der Waals surface area contributed by atoms with Crippen molar-refractivity contribution in [2.75, 3.05) is 0 Å². The van der Waals surface area contributed by atoms with Crippen LogP contribution in [0.3, 0.4) is 0 Å². The minimum absolute atomic E-state index is 0.379. The van der Waals surface area contributed by atoms with Gasteiger partial charge in [0.1, 0.15) is 0 Å². The van der Waals surface area contributed by atoms with Gasteiger partial charge in [-0.2, -0.15) is 0 Å². The number of benzene rings is 3. The third-order valence-corrected chi connectivity index (χ3v) is 6.93. The van der Waals surface area contributed by atoms with Crippen molar-refractivity contribution in [3.8, 4) is 22.6 Å². The van der Waals surface area contributed by atoms with Crippen LogP contribution in [0.1, 0.15) is 56.2 Å². The molecule has 3 heteroatoms. The maximum absolute atomic E-state index is 2.50. The van der Waals surface area contributed by atoms with Crippen LogP contribution in [0.5, 0.6) is 0 Å². The van der Waals surface area contributed by atoms with Crippen molar-refractivity contribution in [1.29, 1.82) is 0 Å². The minimum Gasteiger partial charge on any atom is -0.290 e. The minimum atomic E-state index is 0.379. The molecule has 34 heavy (non-hydrogen) atoms. The summed E-state index contributed by atoms with van der Waals surface area (Å²) in [5, 5.41) is 1.29. The Bertz CT molecular complexity index is 1440. The van der Waals surface area contributed by atoms with E-state index >= 15 is 0 Å². The average Bonchev–Trinajstić information content (AvgIpc) is 3.38. The average molecular weight is 449 g/mol. The van der Waals surface area contributed by atoms with Gasteiger partial charge in [-0.15, -0.1) is 9.36 Å². The van der Waals surface area contributed by atoms with Crippen molar-refractivity contribution in [2.24, 2.45) is 7.05 Å². The summed E-state index contributed by atoms with van der Waals surface area (Å²) in [6.45, 7) is 11.5. The molecule has 0 radical (unpaired) electrons. The van der Waals surface area contributed by atoms with Crippen LogP contribution in [0, 0.1) is 6.92 Å². The summed E-state index contributed by atoms with van der Waals surface area (Å²) >= 11 is 0. The standard InChI is InChI=1S/C31H34N3/c1-21(2)27-19-25(24-13-8-7-9-14-24)20-28(22(3)4)30(27)34-29-16-11-10-15-26(29)23(5)31(34)33-18-12-17-32(33)6/h7-22H,1-6H3/q+1. The summed E-state index contributed by atoms with van der Waals surface area (Å²) < 4.78 is 6.92. The molecule has 2 aromatic heterocycles. The summed E-state index contributed by atoms with van der Waals surface area (Å²) in [7, 11) is 2.10. The van der Waals surface area contributed by atoms with Crippen molar-refractivity contribution in [3.63, 3.8) is 0 Å². The maximum Gasteiger partial charge on any atom is 0.195 e. The molecule has 0 saturated heterocycles. The number of aromatic nitrogens is 3. The molecule has 3 aromatic carbocycles. The maximum atomic E-state index is 2.50. The molecule has 0 aliphatic rings. The van der Waals surface area contributed by atoms with Gasteiger partial charge in [0, 0.05) is 17.0 Å². The van der Waals surface area contributed by atoms with Crippen LogP contribution in [-0.2, 0) is 7.05 Å². The zero-order valence-corrected chi connectivity index (χ0v) is 21.1. The second-order valence-corrected chi connectivity index (χ2v) is 9.89. The molecule has 0 aliphatic carbocycles. The smallest absolute Gasteiger partial charge is 0.195 e. The lowest BCUT2D eigenvalue weighted by Crippen LogP contribution is -2.38. The fourth-order valence-corrected chi connectivity index (χ4v) is 5.15. The van der Waals surface area contributed by atoms with Crippen LogP contribution in [0.25, 0.3) is 33.5 Å². The molecule has 0 aliphatic heterocycles. The van der Waals surface area contributed by atoms with Crippen molar-refractivity contribution in [3.05, 3.63) is 102 Å². The van der Waals surface area contributed by atoms with E-state index in [2.05, 4.69) is 141 Å². The van der Waals surface area contributed by atoms with Crippen LogP contribution in [0.2, 0.25) is 0 Å². The molecular formula is C31H34N3+. The van der Waals surface area contributed by atoms with E-state index < -0.39 is 0 Å². The fraction of sp³-hybridized carbons (Fsp3) is 0.258. The quantitative estimate of drug-likeness (QED) is 0.248. The second-order valence-electron chi connectivity index (χ2n) is 9.89. The molecule has 172 valence electrons. The molecule has 0 spiro atoms. The number of para-hydroxylation sites is 1. The van der Waals surface area contributed by atoms with E-state index in [1.165, 1.54) is 50.2 Å². The lowest BCUT2D eigenvalue weighted by molar-refractivity contribution is -0.744. The summed E-state index contributed by atoms with van der Waals surface area (Å²) in [4.78, 5) is 0. The summed E-state index contributed by atoms with van der Waals surface area (Å²) in [5.41, 5.74) is 9.17. The highest BCUT2D eigenvalue weighted by Gasteiger charge is 2.26. The first-order valence-corrected chi connectivity index (χ1v) is 12.3. The van der Waals surface area contributed by atoms with E-state index in [-0.39, 0.29) is 0 Å². The molecule has 0 N–H and O–H groups in total. The van der Waals surface area contributed by atoms with E-state index in [1.54, 1.807) is 0 Å². The van der Waals surface area contributed by atoms with Gasteiger partial charge in [-0.05, 0) is 59.2 Å². The normalized spacial score (nSPS) is 11.8. The lowest BCUT2D eigenvalue weighted by Gasteiger charge is -2.24. The van der Waals surface area contributed by atoms with Crippen molar-refractivity contribution in [1.82, 2.24) is 9.25 Å². The zero-order chi connectivity index (χ0) is 24.0. The predicted molar refractivity (Wildman–Crippen MR) is 142 cm³/mol. The first kappa shape index (κ1) is 22.2. The highest BCUT2D eigenvalue weighted by molar-refractivity contribution is 5.90. The number of rotatable bonds is 5. The SMILES string of the molecule is Cc1c(-n2ccc[n+]2C)n(-c2c(C(C)C)cc(-c3ccccc3)cc2C(C)C)c2ccccc12. The van der Waals surface area contributed by atoms with Gasteiger partial charge in [-0.1, -0.05) is 76.2 Å². The van der Waals surface area contributed by atoms with Gasteiger partial charge in [-0.25, -0.2) is 0 Å². The van der Waals surface area contributed by atoms with Gasteiger partial charge >= 0.3 is 0 Å². The number of fused-ring (bicyclic) bond motifs is 1. The Morgan fingerprint density at radius 2 is 1.35 bits per heavy atom. The summed E-state index contributed by atoms with van der Waals surface area (Å²) in [5.74, 6) is 1.96. The van der Waals surface area contributed by atoms with Crippen LogP contribution in [-0.4, -0.2) is 9.25 Å². The van der Waals surface area contributed by atoms with Crippen LogP contribution < -0.4 is 4.68 Å². The van der Waals surface area contributed by atoms with Crippen LogP contribution in [0.4, 0.5) is 0 Å². The van der Waals surface area contributed by atoms with Gasteiger partial charge in [0.05, 0.1) is 17.4 Å². The predicted octanol–water partition coefficient (Wildman–Crippen LogP) is 7.47. The number of nitrogens with zero attached hydrogens (tertiary/aromatic N) is 3. The molecule has 2 heterocycles. The third-order valence-electron chi connectivity index (χ3n) is 6.93. The van der Waals surface area contributed by atoms with Gasteiger partial charge in [0.2, 0.25) is 0 Å². The number of hydrogen-bond acceptors (Lipinski definition) is 0. The molecule has 0 saturated carbocycles. The van der Waals surface area contributed by atoms with E-state index in [9.17, 15) is 0 Å². The van der Waals surface area contributed by atoms with Crippen LogP contribution >= 0.6 is 0 Å². The molecule has 5 aromatic rings. The molecule has 0 atom stereocenters. The molecule has 3 nitrogen and oxygen atoms in total. The Balaban J connectivity index is 1.93. The Kier molecular flexibility index (Phi) is 5.65. The Morgan fingerprint density at radius 1 is 0.735 bits per heavy atom. The molecule has 0 amide bonds. The zero-order valence-electron chi connectivity index (χ0n) is 21.1. The fourth-order valence-electron chi connectivity index (χ4n) is 5.15. The van der Waals surface area contributed by atoms with Crippen molar-refractivity contribution < 1.29 is 4.68 Å². The van der Waals surface area contributed by atoms with E-state index in [0.717, 1.165) is 0 Å². The monoisotopic (exact) mass is 448 g/mol. The first-order valence-electron chi connectivity index (χ1n) is 12.3. The third kappa shape index (κ3) is 3.56. The molecule has 0 bridgehead atoms. The molecule has 0 fully saturated rings. The molecular weight excluding hydrogens is 414 g/mol. The lowest BCUT2D eigenvalue weighted by atomic mass is 9.88. The molecule has 0 unspecified atom stereocenters. The Morgan fingerprint density at radius 3 is 1.94 bits per heavy atom. The largest absolute Gasteiger partial charge is 0.290 e. The van der Waals surface area contributed by atoms with Gasteiger partial charge in [0.15, 0.2) is 19.1 Å². The van der Waals surface area contributed by atoms with Crippen LogP contribution in [0.15, 0.2) is 85.2 Å². The highest BCUT2D eigenvalue weighted by atomic mass is 15.4. The van der Waals surface area contributed by atoms with E-state index in [1.807, 2.05) is 0 Å². The first-order chi connectivity index (χ1) is 16.4. The second kappa shape index (κ2) is 8.64. The van der Waals surface area contributed by atoms with Gasteiger partial charge in [-0.3, -0.25) is 4.57 Å². The molecule has 5 rings (SSSR count). The van der Waals surface area contributed by atoms with E-state index in [0.29, 0.717) is 11.8 Å². The van der Waals surface area contributed by atoms with Gasteiger partial charge in [0.25, 0.3) is 0 Å². The van der Waals surface area contributed by atoms with Crippen molar-refractivity contribution >= 4 is 10.9 Å². The Labute approximate surface area is 202 Å². The number of aryl methyl sites for hydroxylation is 2. The summed E-state index contributed by atoms with van der Waals surface area (Å²) in [6.07, 6.45) is 4.26. The van der Waals surface area contributed by atoms with E-state index in [4.69, 9.17) is 0 Å². The van der Waals surface area contributed by atoms with Crippen molar-refractivity contribution in [2.45, 2.75) is 46.5 Å². The highest BCUT2D eigenvalue weighted by Crippen LogP contribution is 2.40. The summed E-state index contributed by atoms with van der Waals surface area (Å²) in [6, 6.07) is 26.5. The van der Waals surface area contributed by atoms with Gasteiger partial charge < -0.3 is 0 Å². The Hall–Kier alpha value is -3.59.